The van der Waals surface area contributed by atoms with Gasteiger partial charge in [-0.05, 0) is 30.2 Å². The second-order valence-electron chi connectivity index (χ2n) is 4.95. The maximum absolute atomic E-state index is 12.1. The Morgan fingerprint density at radius 1 is 1.30 bits per heavy atom. The highest BCUT2D eigenvalue weighted by molar-refractivity contribution is 9.10. The second-order valence-corrected chi connectivity index (χ2v) is 5.86. The van der Waals surface area contributed by atoms with Gasteiger partial charge in [-0.25, -0.2) is 4.79 Å². The summed E-state index contributed by atoms with van der Waals surface area (Å²) in [6.45, 7) is 3.50. The molecule has 0 radical (unpaired) electrons. The van der Waals surface area contributed by atoms with Crippen molar-refractivity contribution in [3.05, 3.63) is 34.4 Å². The Kier molecular flexibility index (Phi) is 4.13. The van der Waals surface area contributed by atoms with Crippen molar-refractivity contribution in [1.82, 2.24) is 10.3 Å². The van der Waals surface area contributed by atoms with Gasteiger partial charge in [0.15, 0.2) is 0 Å². The number of rotatable bonds is 4. The highest BCUT2D eigenvalue weighted by Gasteiger charge is 2.24. The number of carboxylic acid groups (broad SMARTS) is 1. The summed E-state index contributed by atoms with van der Waals surface area (Å²) < 4.78 is 0.918. The van der Waals surface area contributed by atoms with Gasteiger partial charge in [0.1, 0.15) is 11.7 Å². The fourth-order valence-electron chi connectivity index (χ4n) is 1.96. The van der Waals surface area contributed by atoms with E-state index in [-0.39, 0.29) is 5.92 Å². The zero-order chi connectivity index (χ0) is 14.9. The minimum Gasteiger partial charge on any atom is -0.480 e. The van der Waals surface area contributed by atoms with Crippen molar-refractivity contribution in [2.75, 3.05) is 0 Å². The molecular weight excluding hydrogens is 324 g/mol. The number of hydrogen-bond acceptors (Lipinski definition) is 2. The molecule has 1 heterocycles. The lowest BCUT2D eigenvalue weighted by molar-refractivity contribution is -0.140. The molecule has 2 aromatic rings. The quantitative estimate of drug-likeness (QED) is 0.801. The van der Waals surface area contributed by atoms with E-state index in [1.807, 2.05) is 18.2 Å². The molecule has 0 bridgehead atoms. The third kappa shape index (κ3) is 3.01. The van der Waals surface area contributed by atoms with Crippen molar-refractivity contribution in [3.63, 3.8) is 0 Å². The SMILES string of the molecule is CC(C)C(NC(=O)c1cc2cc(Br)ccc2[nH]1)C(=O)O. The third-order valence-electron chi connectivity index (χ3n) is 3.05. The highest BCUT2D eigenvalue weighted by Crippen LogP contribution is 2.20. The van der Waals surface area contributed by atoms with Gasteiger partial charge >= 0.3 is 5.97 Å². The maximum Gasteiger partial charge on any atom is 0.326 e. The number of aromatic nitrogens is 1. The zero-order valence-electron chi connectivity index (χ0n) is 11.1. The minimum absolute atomic E-state index is 0.185. The van der Waals surface area contributed by atoms with Crippen LogP contribution in [0.1, 0.15) is 24.3 Å². The summed E-state index contributed by atoms with van der Waals surface area (Å²) in [7, 11) is 0. The van der Waals surface area contributed by atoms with Crippen LogP contribution in [0.4, 0.5) is 0 Å². The summed E-state index contributed by atoms with van der Waals surface area (Å²) in [5.41, 5.74) is 1.18. The predicted molar refractivity (Wildman–Crippen MR) is 79.7 cm³/mol. The summed E-state index contributed by atoms with van der Waals surface area (Å²) in [6, 6.07) is 6.41. The van der Waals surface area contributed by atoms with E-state index in [4.69, 9.17) is 5.11 Å². The van der Waals surface area contributed by atoms with E-state index in [9.17, 15) is 9.59 Å². The Bertz CT molecular complexity index is 663. The first kappa shape index (κ1) is 14.6. The Labute approximate surface area is 124 Å². The molecule has 1 atom stereocenters. The molecule has 0 fully saturated rings. The average Bonchev–Trinajstić information content (AvgIpc) is 2.77. The first-order valence-electron chi connectivity index (χ1n) is 6.20. The van der Waals surface area contributed by atoms with Gasteiger partial charge in [-0.1, -0.05) is 29.8 Å². The third-order valence-corrected chi connectivity index (χ3v) is 3.54. The van der Waals surface area contributed by atoms with E-state index in [1.165, 1.54) is 0 Å². The molecule has 1 aromatic heterocycles. The summed E-state index contributed by atoms with van der Waals surface area (Å²) in [4.78, 5) is 26.2. The van der Waals surface area contributed by atoms with Gasteiger partial charge in [0.2, 0.25) is 0 Å². The first-order chi connectivity index (χ1) is 9.38. The van der Waals surface area contributed by atoms with Gasteiger partial charge in [0.25, 0.3) is 5.91 Å². The normalized spacial score (nSPS) is 12.6. The molecule has 0 aliphatic carbocycles. The lowest BCUT2D eigenvalue weighted by Gasteiger charge is -2.17. The van der Waals surface area contributed by atoms with Crippen molar-refractivity contribution >= 4 is 38.7 Å². The lowest BCUT2D eigenvalue weighted by atomic mass is 10.0. The van der Waals surface area contributed by atoms with Crippen molar-refractivity contribution < 1.29 is 14.7 Å². The smallest absolute Gasteiger partial charge is 0.326 e. The van der Waals surface area contributed by atoms with Gasteiger partial charge in [-0.3, -0.25) is 4.79 Å². The van der Waals surface area contributed by atoms with Crippen molar-refractivity contribution in [3.8, 4) is 0 Å². The molecule has 106 valence electrons. The van der Waals surface area contributed by atoms with Gasteiger partial charge in [0.05, 0.1) is 0 Å². The summed E-state index contributed by atoms with van der Waals surface area (Å²) in [5.74, 6) is -1.64. The van der Waals surface area contributed by atoms with Crippen LogP contribution < -0.4 is 5.32 Å². The Hall–Kier alpha value is -1.82. The number of fused-ring (bicyclic) bond motifs is 1. The first-order valence-corrected chi connectivity index (χ1v) is 6.99. The number of hydrogen-bond donors (Lipinski definition) is 3. The van der Waals surface area contributed by atoms with Crippen LogP contribution in [-0.2, 0) is 4.79 Å². The molecule has 0 saturated carbocycles. The van der Waals surface area contributed by atoms with Crippen molar-refractivity contribution in [1.29, 1.82) is 0 Å². The molecule has 1 unspecified atom stereocenters. The van der Waals surface area contributed by atoms with Gasteiger partial charge in [0, 0.05) is 15.4 Å². The number of halogens is 1. The summed E-state index contributed by atoms with van der Waals surface area (Å²) >= 11 is 3.36. The number of nitrogens with one attached hydrogen (secondary N) is 2. The van der Waals surface area contributed by atoms with Gasteiger partial charge in [-0.2, -0.15) is 0 Å². The van der Waals surface area contributed by atoms with Gasteiger partial charge in [-0.15, -0.1) is 0 Å². The fraction of sp³-hybridized carbons (Fsp3) is 0.286. The zero-order valence-corrected chi connectivity index (χ0v) is 12.7. The number of carbonyl (C=O) groups is 2. The van der Waals surface area contributed by atoms with Crippen LogP contribution in [0, 0.1) is 5.92 Å². The number of benzene rings is 1. The summed E-state index contributed by atoms with van der Waals surface area (Å²) in [5, 5.41) is 12.5. The van der Waals surface area contributed by atoms with Crippen molar-refractivity contribution in [2.45, 2.75) is 19.9 Å². The predicted octanol–water partition coefficient (Wildman–Crippen LogP) is 2.77. The molecule has 1 aromatic carbocycles. The minimum atomic E-state index is -1.03. The molecule has 3 N–H and O–H groups in total. The number of aliphatic carboxylic acids is 1. The molecule has 2 rings (SSSR count). The molecule has 0 aliphatic rings. The number of H-pyrrole nitrogens is 1. The number of amides is 1. The van der Waals surface area contributed by atoms with Crippen LogP contribution in [0.15, 0.2) is 28.7 Å². The van der Waals surface area contributed by atoms with E-state index in [0.717, 1.165) is 15.4 Å². The monoisotopic (exact) mass is 338 g/mol. The van der Waals surface area contributed by atoms with E-state index in [0.29, 0.717) is 5.69 Å². The molecule has 6 heteroatoms. The van der Waals surface area contributed by atoms with Crippen LogP contribution in [0.25, 0.3) is 10.9 Å². The molecular formula is C14H15BrN2O3. The molecule has 1 amide bonds. The molecule has 5 nitrogen and oxygen atoms in total. The van der Waals surface area contributed by atoms with E-state index < -0.39 is 17.9 Å². The number of carboxylic acids is 1. The van der Waals surface area contributed by atoms with E-state index in [2.05, 4.69) is 26.2 Å². The van der Waals surface area contributed by atoms with Crippen LogP contribution in [0.2, 0.25) is 0 Å². The van der Waals surface area contributed by atoms with E-state index in [1.54, 1.807) is 19.9 Å². The van der Waals surface area contributed by atoms with Gasteiger partial charge < -0.3 is 15.4 Å². The molecule has 0 aliphatic heterocycles. The Morgan fingerprint density at radius 2 is 2.00 bits per heavy atom. The maximum atomic E-state index is 12.1. The second kappa shape index (κ2) is 5.66. The van der Waals surface area contributed by atoms with Crippen LogP contribution in [-0.4, -0.2) is 28.0 Å². The van der Waals surface area contributed by atoms with E-state index >= 15 is 0 Å². The highest BCUT2D eigenvalue weighted by atomic mass is 79.9. The Balaban J connectivity index is 2.25. The average molecular weight is 339 g/mol. The largest absolute Gasteiger partial charge is 0.480 e. The van der Waals surface area contributed by atoms with Crippen molar-refractivity contribution in [2.24, 2.45) is 5.92 Å². The summed E-state index contributed by atoms with van der Waals surface area (Å²) in [6.07, 6.45) is 0. The lowest BCUT2D eigenvalue weighted by Crippen LogP contribution is -2.44. The molecule has 0 spiro atoms. The number of carbonyl (C=O) groups excluding carboxylic acids is 1. The molecule has 0 saturated heterocycles. The fourth-order valence-corrected chi connectivity index (χ4v) is 2.34. The number of aromatic amines is 1. The topological polar surface area (TPSA) is 82.2 Å². The van der Waals surface area contributed by atoms with Crippen LogP contribution in [0.5, 0.6) is 0 Å². The van der Waals surface area contributed by atoms with Crippen LogP contribution in [0.3, 0.4) is 0 Å². The molecule has 20 heavy (non-hydrogen) atoms. The Morgan fingerprint density at radius 3 is 2.60 bits per heavy atom. The van der Waals surface area contributed by atoms with Crippen LogP contribution >= 0.6 is 15.9 Å². The standard InChI is InChI=1S/C14H15BrN2O3/c1-7(2)12(14(19)20)17-13(18)11-6-8-5-9(15)3-4-10(8)16-11/h3-7,12,16H,1-2H3,(H,17,18)(H,19,20).